The average Bonchev–Trinajstić information content (AvgIpc) is 2.59. The Morgan fingerprint density at radius 1 is 1.35 bits per heavy atom. The van der Waals surface area contributed by atoms with Crippen LogP contribution >= 0.6 is 0 Å². The summed E-state index contributed by atoms with van der Waals surface area (Å²) in [6, 6.07) is -0.791. The second-order valence-corrected chi connectivity index (χ2v) is 5.21. The van der Waals surface area contributed by atoms with Crippen molar-refractivity contribution in [3.8, 4) is 0 Å². The third-order valence-corrected chi connectivity index (χ3v) is 2.36. The van der Waals surface area contributed by atoms with Gasteiger partial charge in [0.05, 0.1) is 12.1 Å². The largest absolute Gasteiger partial charge is 0.481 e. The molecular weight excluding hydrogens is 266 g/mol. The number of urea groups is 1. The van der Waals surface area contributed by atoms with E-state index in [0.29, 0.717) is 5.69 Å². The minimum Gasteiger partial charge on any atom is -0.481 e. The highest BCUT2D eigenvalue weighted by molar-refractivity contribution is 6.00. The van der Waals surface area contributed by atoms with E-state index in [1.54, 1.807) is 20.8 Å². The molecule has 1 rings (SSSR count). The lowest BCUT2D eigenvalue weighted by atomic mass is 9.85. The molecule has 0 bridgehead atoms. The quantitative estimate of drug-likeness (QED) is 0.753. The number of amides is 3. The number of aliphatic carboxylic acids is 1. The number of aryl methyl sites for hydroxylation is 1. The predicted octanol–water partition coefficient (Wildman–Crippen LogP) is 1.52. The first-order valence-electron chi connectivity index (χ1n) is 5.93. The molecule has 0 aromatic carbocycles. The second-order valence-electron chi connectivity index (χ2n) is 5.21. The number of carbonyl (C=O) groups excluding carboxylic acids is 2. The third-order valence-electron chi connectivity index (χ3n) is 2.36. The molecule has 1 aromatic rings. The molecule has 0 atom stereocenters. The highest BCUT2D eigenvalue weighted by Gasteiger charge is 2.26. The van der Waals surface area contributed by atoms with Crippen LogP contribution in [0.4, 0.5) is 10.8 Å². The molecule has 0 aliphatic carbocycles. The molecule has 0 saturated heterocycles. The minimum absolute atomic E-state index is 0.0161. The van der Waals surface area contributed by atoms with E-state index in [4.69, 9.17) is 9.52 Å². The van der Waals surface area contributed by atoms with E-state index in [9.17, 15) is 14.4 Å². The Hall–Kier alpha value is -2.38. The summed E-state index contributed by atoms with van der Waals surface area (Å²) in [7, 11) is 0. The van der Waals surface area contributed by atoms with Crippen LogP contribution in [0.15, 0.2) is 10.7 Å². The Balaban J connectivity index is 2.45. The van der Waals surface area contributed by atoms with Gasteiger partial charge in [0.25, 0.3) is 0 Å². The molecule has 0 radical (unpaired) electrons. The minimum atomic E-state index is -0.998. The summed E-state index contributed by atoms with van der Waals surface area (Å²) in [6.07, 6.45) is 1.10. The number of anilines is 1. The second kappa shape index (κ2) is 6.18. The normalized spacial score (nSPS) is 10.9. The van der Waals surface area contributed by atoms with Gasteiger partial charge in [0.1, 0.15) is 6.26 Å². The maximum Gasteiger partial charge on any atom is 0.329 e. The Morgan fingerprint density at radius 2 is 2.00 bits per heavy atom. The van der Waals surface area contributed by atoms with Gasteiger partial charge in [-0.2, -0.15) is 4.98 Å². The van der Waals surface area contributed by atoms with Crippen molar-refractivity contribution in [1.29, 1.82) is 0 Å². The van der Waals surface area contributed by atoms with Gasteiger partial charge in [0.15, 0.2) is 0 Å². The number of nitrogens with zero attached hydrogens (tertiary/aromatic N) is 1. The fraction of sp³-hybridized carbons (Fsp3) is 0.500. The highest BCUT2D eigenvalue weighted by Crippen LogP contribution is 2.24. The molecule has 1 aromatic heterocycles. The molecule has 0 aliphatic heterocycles. The molecule has 0 fully saturated rings. The van der Waals surface area contributed by atoms with E-state index < -0.39 is 23.3 Å². The molecule has 8 heteroatoms. The summed E-state index contributed by atoms with van der Waals surface area (Å²) in [5.74, 6) is -1.57. The lowest BCUT2D eigenvalue weighted by Gasteiger charge is -2.20. The molecule has 0 saturated carbocycles. The van der Waals surface area contributed by atoms with Crippen LogP contribution in [-0.4, -0.2) is 28.0 Å². The average molecular weight is 283 g/mol. The smallest absolute Gasteiger partial charge is 0.329 e. The van der Waals surface area contributed by atoms with Gasteiger partial charge in [-0.05, 0) is 12.3 Å². The van der Waals surface area contributed by atoms with Crippen LogP contribution in [0.25, 0.3) is 0 Å². The van der Waals surface area contributed by atoms with Crippen LogP contribution in [0.5, 0.6) is 0 Å². The Morgan fingerprint density at radius 3 is 2.50 bits per heavy atom. The summed E-state index contributed by atoms with van der Waals surface area (Å²) in [5.41, 5.74) is -0.148. The topological polar surface area (TPSA) is 122 Å². The zero-order chi connectivity index (χ0) is 15.3. The molecule has 3 N–H and O–H groups in total. The van der Waals surface area contributed by atoms with Crippen molar-refractivity contribution in [2.45, 2.75) is 33.6 Å². The fourth-order valence-electron chi connectivity index (χ4n) is 1.62. The first-order chi connectivity index (χ1) is 9.18. The number of carboxylic acid groups (broad SMARTS) is 1. The van der Waals surface area contributed by atoms with Crippen molar-refractivity contribution < 1.29 is 23.9 Å². The standard InChI is InChI=1S/C12H17N3O5/c1-7-6-20-11(13-7)15-10(19)14-8(16)4-12(2,3)5-9(17)18/h6H,4-5H2,1-3H3,(H,17,18)(H2,13,14,15,16,19). The lowest BCUT2D eigenvalue weighted by molar-refractivity contribution is -0.139. The van der Waals surface area contributed by atoms with Gasteiger partial charge in [0, 0.05) is 6.42 Å². The van der Waals surface area contributed by atoms with Gasteiger partial charge in [0.2, 0.25) is 5.91 Å². The van der Waals surface area contributed by atoms with Crippen LogP contribution in [0.3, 0.4) is 0 Å². The number of oxazole rings is 1. The summed E-state index contributed by atoms with van der Waals surface area (Å²) in [6.45, 7) is 4.96. The maximum atomic E-state index is 11.6. The molecule has 1 heterocycles. The number of hydrogen-bond donors (Lipinski definition) is 3. The Labute approximate surface area is 115 Å². The number of imide groups is 1. The van der Waals surface area contributed by atoms with Crippen molar-refractivity contribution in [3.05, 3.63) is 12.0 Å². The zero-order valence-electron chi connectivity index (χ0n) is 11.5. The summed E-state index contributed by atoms with van der Waals surface area (Å²) in [4.78, 5) is 37.6. The third kappa shape index (κ3) is 5.51. The summed E-state index contributed by atoms with van der Waals surface area (Å²) < 4.78 is 4.90. The van der Waals surface area contributed by atoms with E-state index in [1.165, 1.54) is 6.26 Å². The molecular formula is C12H17N3O5. The fourth-order valence-corrected chi connectivity index (χ4v) is 1.62. The molecule has 110 valence electrons. The number of aromatic nitrogens is 1. The van der Waals surface area contributed by atoms with Crippen molar-refractivity contribution in [2.75, 3.05) is 5.32 Å². The predicted molar refractivity (Wildman–Crippen MR) is 69.1 cm³/mol. The number of hydrogen-bond acceptors (Lipinski definition) is 5. The Kier molecular flexibility index (Phi) is 4.84. The molecule has 0 spiro atoms. The number of carbonyl (C=O) groups is 3. The number of nitrogens with one attached hydrogen (secondary N) is 2. The lowest BCUT2D eigenvalue weighted by Crippen LogP contribution is -2.37. The van der Waals surface area contributed by atoms with Gasteiger partial charge in [-0.25, -0.2) is 4.79 Å². The highest BCUT2D eigenvalue weighted by atomic mass is 16.4. The van der Waals surface area contributed by atoms with E-state index in [1.807, 2.05) is 0 Å². The van der Waals surface area contributed by atoms with Gasteiger partial charge in [-0.15, -0.1) is 0 Å². The van der Waals surface area contributed by atoms with Crippen LogP contribution < -0.4 is 10.6 Å². The molecule has 8 nitrogen and oxygen atoms in total. The SMILES string of the molecule is Cc1coc(NC(=O)NC(=O)CC(C)(C)CC(=O)O)n1. The van der Waals surface area contributed by atoms with Crippen LogP contribution in [0.1, 0.15) is 32.4 Å². The summed E-state index contributed by atoms with van der Waals surface area (Å²) in [5, 5.41) is 13.0. The van der Waals surface area contributed by atoms with Gasteiger partial charge >= 0.3 is 18.0 Å². The van der Waals surface area contributed by atoms with E-state index >= 15 is 0 Å². The Bertz CT molecular complexity index is 521. The van der Waals surface area contributed by atoms with Crippen LogP contribution in [0, 0.1) is 12.3 Å². The molecule has 3 amide bonds. The van der Waals surface area contributed by atoms with E-state index in [-0.39, 0.29) is 18.9 Å². The van der Waals surface area contributed by atoms with Crippen LogP contribution in [-0.2, 0) is 9.59 Å². The van der Waals surface area contributed by atoms with Crippen molar-refractivity contribution in [2.24, 2.45) is 5.41 Å². The van der Waals surface area contributed by atoms with Gasteiger partial charge in [-0.3, -0.25) is 20.2 Å². The molecule has 0 aliphatic rings. The van der Waals surface area contributed by atoms with Crippen LogP contribution in [0.2, 0.25) is 0 Å². The zero-order valence-corrected chi connectivity index (χ0v) is 11.5. The summed E-state index contributed by atoms with van der Waals surface area (Å²) >= 11 is 0. The first kappa shape index (κ1) is 15.7. The number of carboxylic acids is 1. The molecule has 20 heavy (non-hydrogen) atoms. The van der Waals surface area contributed by atoms with Crippen molar-refractivity contribution >= 4 is 23.9 Å². The van der Waals surface area contributed by atoms with E-state index in [2.05, 4.69) is 15.6 Å². The van der Waals surface area contributed by atoms with E-state index in [0.717, 1.165) is 0 Å². The van der Waals surface area contributed by atoms with Crippen molar-refractivity contribution in [1.82, 2.24) is 10.3 Å². The molecule has 0 unspecified atom stereocenters. The van der Waals surface area contributed by atoms with Gasteiger partial charge < -0.3 is 9.52 Å². The first-order valence-corrected chi connectivity index (χ1v) is 5.93. The monoisotopic (exact) mass is 283 g/mol. The number of rotatable bonds is 5. The maximum absolute atomic E-state index is 11.6. The van der Waals surface area contributed by atoms with Crippen molar-refractivity contribution in [3.63, 3.8) is 0 Å². The van der Waals surface area contributed by atoms with Gasteiger partial charge in [-0.1, -0.05) is 13.8 Å².